The van der Waals surface area contributed by atoms with E-state index in [1.165, 1.54) is 13.3 Å². The highest BCUT2D eigenvalue weighted by atomic mass is 16.4. The van der Waals surface area contributed by atoms with Crippen LogP contribution < -0.4 is 0 Å². The van der Waals surface area contributed by atoms with Gasteiger partial charge in [0.25, 0.3) is 0 Å². The van der Waals surface area contributed by atoms with E-state index in [0.29, 0.717) is 18.3 Å². The van der Waals surface area contributed by atoms with E-state index < -0.39 is 11.9 Å². The zero-order chi connectivity index (χ0) is 15.7. The van der Waals surface area contributed by atoms with Crippen molar-refractivity contribution in [2.75, 3.05) is 0 Å². The van der Waals surface area contributed by atoms with E-state index in [-0.39, 0.29) is 11.1 Å². The minimum atomic E-state index is -1.13. The summed E-state index contributed by atoms with van der Waals surface area (Å²) in [7, 11) is 0. The average molecular weight is 282 g/mol. The van der Waals surface area contributed by atoms with Crippen LogP contribution in [0.2, 0.25) is 0 Å². The first-order valence-corrected chi connectivity index (χ1v) is 7.09. The molecule has 0 radical (unpaired) electrons. The lowest BCUT2D eigenvalue weighted by Gasteiger charge is -2.11. The fourth-order valence-electron chi connectivity index (χ4n) is 1.99. The van der Waals surface area contributed by atoms with Crippen LogP contribution in [0.1, 0.15) is 53.4 Å². The van der Waals surface area contributed by atoms with E-state index in [4.69, 9.17) is 10.2 Å². The van der Waals surface area contributed by atoms with Crippen LogP contribution in [0, 0.1) is 11.8 Å². The molecule has 4 heteroatoms. The molecule has 0 aliphatic heterocycles. The third kappa shape index (κ3) is 8.51. The molecule has 1 atom stereocenters. The highest BCUT2D eigenvalue weighted by Crippen LogP contribution is 2.18. The van der Waals surface area contributed by atoms with Gasteiger partial charge in [0.05, 0.1) is 5.57 Å². The molecule has 1 unspecified atom stereocenters. The molecule has 0 saturated heterocycles. The van der Waals surface area contributed by atoms with Gasteiger partial charge in [-0.3, -0.25) is 0 Å². The summed E-state index contributed by atoms with van der Waals surface area (Å²) in [5.74, 6) is -1.11. The lowest BCUT2D eigenvalue weighted by Crippen LogP contribution is -2.05. The molecule has 0 bridgehead atoms. The van der Waals surface area contributed by atoms with Crippen molar-refractivity contribution < 1.29 is 19.8 Å². The number of hydrogen-bond acceptors (Lipinski definition) is 2. The first-order chi connectivity index (χ1) is 9.23. The minimum absolute atomic E-state index is 0.0862. The van der Waals surface area contributed by atoms with Gasteiger partial charge in [0.15, 0.2) is 0 Å². The molecule has 0 spiro atoms. The summed E-state index contributed by atoms with van der Waals surface area (Å²) in [6, 6.07) is 0. The zero-order valence-corrected chi connectivity index (χ0v) is 12.8. The summed E-state index contributed by atoms with van der Waals surface area (Å²) < 4.78 is 0. The Bertz CT molecular complexity index is 391. The van der Waals surface area contributed by atoms with E-state index in [1.807, 2.05) is 0 Å². The Kier molecular flexibility index (Phi) is 8.61. The Labute approximate surface area is 121 Å². The highest BCUT2D eigenvalue weighted by molar-refractivity contribution is 5.94. The fourth-order valence-corrected chi connectivity index (χ4v) is 1.99. The van der Waals surface area contributed by atoms with Crippen LogP contribution in [0.5, 0.6) is 0 Å². The second kappa shape index (κ2) is 9.34. The number of carboxylic acids is 2. The molecule has 114 valence electrons. The normalized spacial score (nSPS) is 14.4. The van der Waals surface area contributed by atoms with Gasteiger partial charge in [-0.15, -0.1) is 0 Å². The summed E-state index contributed by atoms with van der Waals surface area (Å²) in [4.78, 5) is 21.7. The third-order valence-electron chi connectivity index (χ3n) is 3.20. The number of aliphatic carboxylic acids is 2. The molecule has 0 heterocycles. The molecule has 0 fully saturated rings. The van der Waals surface area contributed by atoms with Crippen LogP contribution in [0.15, 0.2) is 23.3 Å². The van der Waals surface area contributed by atoms with Gasteiger partial charge in [0, 0.05) is 6.08 Å². The summed E-state index contributed by atoms with van der Waals surface area (Å²) in [6.07, 6.45) is 6.60. The molecule has 0 rings (SSSR count). The molecule has 0 aromatic heterocycles. The molecule has 0 aromatic rings. The standard InChI is InChI=1S/C16H26O4/c1-11(2)6-5-7-12(3)8-9-14(16(19)20)13(4)10-15(17)18/h9-12H,5-8H2,1-4H3,(H,17,18)(H,19,20)/b13-10+,14-9-. The van der Waals surface area contributed by atoms with Crippen molar-refractivity contribution in [3.8, 4) is 0 Å². The summed E-state index contributed by atoms with van der Waals surface area (Å²) in [5.41, 5.74) is 0.363. The van der Waals surface area contributed by atoms with Gasteiger partial charge in [-0.1, -0.05) is 46.1 Å². The van der Waals surface area contributed by atoms with E-state index in [1.54, 1.807) is 6.08 Å². The first-order valence-electron chi connectivity index (χ1n) is 7.09. The highest BCUT2D eigenvalue weighted by Gasteiger charge is 2.11. The Balaban J connectivity index is 4.56. The summed E-state index contributed by atoms with van der Waals surface area (Å²) in [6.45, 7) is 7.98. The molecule has 2 N–H and O–H groups in total. The number of hydrogen-bond donors (Lipinski definition) is 2. The van der Waals surface area contributed by atoms with Gasteiger partial charge < -0.3 is 10.2 Å². The number of rotatable bonds is 9. The third-order valence-corrected chi connectivity index (χ3v) is 3.20. The minimum Gasteiger partial charge on any atom is -0.478 e. The van der Waals surface area contributed by atoms with Crippen molar-refractivity contribution in [3.63, 3.8) is 0 Å². The molecule has 0 aliphatic rings. The van der Waals surface area contributed by atoms with Crippen molar-refractivity contribution in [2.24, 2.45) is 11.8 Å². The largest absolute Gasteiger partial charge is 0.478 e. The van der Waals surface area contributed by atoms with E-state index in [2.05, 4.69) is 20.8 Å². The van der Waals surface area contributed by atoms with Crippen LogP contribution in [0.25, 0.3) is 0 Å². The molecule has 20 heavy (non-hydrogen) atoms. The second-order valence-corrected chi connectivity index (χ2v) is 5.75. The fraction of sp³-hybridized carbons (Fsp3) is 0.625. The average Bonchev–Trinajstić information content (AvgIpc) is 2.26. The predicted molar refractivity (Wildman–Crippen MR) is 79.6 cm³/mol. The molecular formula is C16H26O4. The Morgan fingerprint density at radius 2 is 1.70 bits per heavy atom. The van der Waals surface area contributed by atoms with Gasteiger partial charge in [-0.05, 0) is 30.8 Å². The van der Waals surface area contributed by atoms with Crippen LogP contribution in [0.3, 0.4) is 0 Å². The quantitative estimate of drug-likeness (QED) is 0.497. The zero-order valence-electron chi connectivity index (χ0n) is 12.8. The topological polar surface area (TPSA) is 74.6 Å². The number of carbonyl (C=O) groups is 2. The van der Waals surface area contributed by atoms with Gasteiger partial charge in [-0.25, -0.2) is 9.59 Å². The monoisotopic (exact) mass is 282 g/mol. The molecule has 0 saturated carbocycles. The second-order valence-electron chi connectivity index (χ2n) is 5.75. The maximum atomic E-state index is 11.1. The molecule has 0 aromatic carbocycles. The SMILES string of the molecule is CC(=C\C(=O)O)/C(=C/CC(C)CCCC(C)C)C(=O)O. The van der Waals surface area contributed by atoms with Crippen LogP contribution in [-0.4, -0.2) is 22.2 Å². The Hall–Kier alpha value is -1.58. The van der Waals surface area contributed by atoms with Crippen molar-refractivity contribution in [1.29, 1.82) is 0 Å². The van der Waals surface area contributed by atoms with Gasteiger partial charge in [-0.2, -0.15) is 0 Å². The Morgan fingerprint density at radius 3 is 2.15 bits per heavy atom. The first kappa shape index (κ1) is 18.4. The molecule has 4 nitrogen and oxygen atoms in total. The van der Waals surface area contributed by atoms with E-state index >= 15 is 0 Å². The molecular weight excluding hydrogens is 256 g/mol. The van der Waals surface area contributed by atoms with Crippen molar-refractivity contribution in [2.45, 2.75) is 53.4 Å². The molecule has 0 amide bonds. The van der Waals surface area contributed by atoms with Crippen LogP contribution in [0.4, 0.5) is 0 Å². The number of allylic oxidation sites excluding steroid dienone is 1. The van der Waals surface area contributed by atoms with E-state index in [9.17, 15) is 9.59 Å². The lowest BCUT2D eigenvalue weighted by molar-refractivity contribution is -0.132. The molecule has 0 aliphatic carbocycles. The maximum Gasteiger partial charge on any atom is 0.335 e. The van der Waals surface area contributed by atoms with Crippen molar-refractivity contribution in [1.82, 2.24) is 0 Å². The van der Waals surface area contributed by atoms with Gasteiger partial charge >= 0.3 is 11.9 Å². The number of carboxylic acid groups (broad SMARTS) is 2. The van der Waals surface area contributed by atoms with Crippen LogP contribution >= 0.6 is 0 Å². The summed E-state index contributed by atoms with van der Waals surface area (Å²) >= 11 is 0. The van der Waals surface area contributed by atoms with E-state index in [0.717, 1.165) is 18.9 Å². The Morgan fingerprint density at radius 1 is 1.10 bits per heavy atom. The van der Waals surface area contributed by atoms with Crippen LogP contribution in [-0.2, 0) is 9.59 Å². The van der Waals surface area contributed by atoms with Gasteiger partial charge in [0.2, 0.25) is 0 Å². The maximum absolute atomic E-state index is 11.1. The summed E-state index contributed by atoms with van der Waals surface area (Å²) in [5, 5.41) is 17.8. The predicted octanol–water partition coefficient (Wildman–Crippen LogP) is 3.88. The lowest BCUT2D eigenvalue weighted by atomic mass is 9.95. The van der Waals surface area contributed by atoms with Crippen molar-refractivity contribution >= 4 is 11.9 Å². The van der Waals surface area contributed by atoms with Crippen molar-refractivity contribution in [3.05, 3.63) is 23.3 Å². The smallest absolute Gasteiger partial charge is 0.335 e. The van der Waals surface area contributed by atoms with Gasteiger partial charge in [0.1, 0.15) is 0 Å².